The highest BCUT2D eigenvalue weighted by molar-refractivity contribution is 6.39. The summed E-state index contributed by atoms with van der Waals surface area (Å²) in [6, 6.07) is 9.56. The van der Waals surface area contributed by atoms with Crippen LogP contribution in [-0.4, -0.2) is 37.4 Å². The van der Waals surface area contributed by atoms with Crippen molar-refractivity contribution in [2.45, 2.75) is 6.92 Å². The minimum absolute atomic E-state index is 0.183. The van der Waals surface area contributed by atoms with E-state index in [-0.39, 0.29) is 11.3 Å². The lowest BCUT2D eigenvalue weighted by Crippen LogP contribution is -2.36. The van der Waals surface area contributed by atoms with E-state index in [2.05, 4.69) is 10.5 Å². The minimum Gasteiger partial charge on any atom is -0.378 e. The van der Waals surface area contributed by atoms with Crippen LogP contribution < -0.4 is 10.2 Å². The van der Waals surface area contributed by atoms with Crippen LogP contribution in [0.5, 0.6) is 0 Å². The molecule has 6 nitrogen and oxygen atoms in total. The van der Waals surface area contributed by atoms with Crippen molar-refractivity contribution in [3.05, 3.63) is 63.6 Å². The normalized spacial score (nSPS) is 14.1. The van der Waals surface area contributed by atoms with Crippen LogP contribution in [-0.2, 0) is 4.74 Å². The second-order valence-corrected chi connectivity index (χ2v) is 7.59. The van der Waals surface area contributed by atoms with Crippen LogP contribution in [0, 0.1) is 12.7 Å². The summed E-state index contributed by atoms with van der Waals surface area (Å²) in [7, 11) is 0. The number of benzene rings is 2. The number of carbonyl (C=O) groups excluding carboxylic acids is 1. The average molecular weight is 450 g/mol. The zero-order chi connectivity index (χ0) is 21.3. The molecule has 1 saturated heterocycles. The minimum atomic E-state index is -0.502. The summed E-state index contributed by atoms with van der Waals surface area (Å²) < 4.78 is 25.2. The van der Waals surface area contributed by atoms with E-state index in [0.29, 0.717) is 59.0 Å². The number of nitrogens with one attached hydrogen (secondary N) is 1. The summed E-state index contributed by atoms with van der Waals surface area (Å²) in [6.45, 7) is 3.95. The molecule has 156 valence electrons. The van der Waals surface area contributed by atoms with E-state index in [4.69, 9.17) is 32.5 Å². The number of aryl methyl sites for hydroxylation is 1. The van der Waals surface area contributed by atoms with Crippen LogP contribution in [0.25, 0.3) is 11.3 Å². The topological polar surface area (TPSA) is 67.6 Å². The van der Waals surface area contributed by atoms with Crippen molar-refractivity contribution in [3.63, 3.8) is 0 Å². The Morgan fingerprint density at radius 3 is 2.53 bits per heavy atom. The molecule has 1 N–H and O–H groups in total. The van der Waals surface area contributed by atoms with Crippen molar-refractivity contribution in [1.29, 1.82) is 0 Å². The molecule has 30 heavy (non-hydrogen) atoms. The number of hydrogen-bond donors (Lipinski definition) is 1. The Morgan fingerprint density at radius 1 is 1.17 bits per heavy atom. The molecule has 1 fully saturated rings. The molecule has 1 amide bonds. The van der Waals surface area contributed by atoms with E-state index in [1.54, 1.807) is 37.3 Å². The van der Waals surface area contributed by atoms with Gasteiger partial charge in [0, 0.05) is 24.3 Å². The van der Waals surface area contributed by atoms with Gasteiger partial charge in [0.15, 0.2) is 0 Å². The Balaban J connectivity index is 1.61. The zero-order valence-corrected chi connectivity index (χ0v) is 17.6. The lowest BCUT2D eigenvalue weighted by Gasteiger charge is -2.29. The number of morpholine rings is 1. The number of nitrogens with zero attached hydrogens (tertiary/aromatic N) is 2. The fourth-order valence-corrected chi connectivity index (χ4v) is 3.95. The highest BCUT2D eigenvalue weighted by Gasteiger charge is 2.25. The van der Waals surface area contributed by atoms with Gasteiger partial charge in [0.25, 0.3) is 5.91 Å². The van der Waals surface area contributed by atoms with Gasteiger partial charge in [-0.3, -0.25) is 4.79 Å². The van der Waals surface area contributed by atoms with Gasteiger partial charge >= 0.3 is 0 Å². The van der Waals surface area contributed by atoms with Crippen LogP contribution in [0.2, 0.25) is 10.0 Å². The number of aromatic nitrogens is 1. The second kappa shape index (κ2) is 8.63. The first kappa shape index (κ1) is 20.7. The fraction of sp³-hybridized carbons (Fsp3) is 0.238. The number of halogens is 3. The van der Waals surface area contributed by atoms with Crippen molar-refractivity contribution >= 4 is 40.5 Å². The lowest BCUT2D eigenvalue weighted by molar-refractivity contribution is 0.102. The number of amides is 1. The van der Waals surface area contributed by atoms with Crippen molar-refractivity contribution in [2.24, 2.45) is 0 Å². The molecule has 1 aliphatic heterocycles. The Kier molecular flexibility index (Phi) is 5.94. The molecule has 3 aromatic rings. The highest BCUT2D eigenvalue weighted by Crippen LogP contribution is 2.37. The van der Waals surface area contributed by atoms with Gasteiger partial charge in [-0.15, -0.1) is 0 Å². The maximum atomic E-state index is 14.7. The molecule has 0 unspecified atom stereocenters. The van der Waals surface area contributed by atoms with Gasteiger partial charge < -0.3 is 19.5 Å². The first-order valence-electron chi connectivity index (χ1n) is 9.30. The summed E-state index contributed by atoms with van der Waals surface area (Å²) in [5.74, 6) is -0.631. The predicted octanol–water partition coefficient (Wildman–Crippen LogP) is 5.18. The second-order valence-electron chi connectivity index (χ2n) is 6.78. The molecule has 0 atom stereocenters. The smallest absolute Gasteiger partial charge is 0.261 e. The van der Waals surface area contributed by atoms with Crippen LogP contribution in [0.1, 0.15) is 16.1 Å². The Bertz CT molecular complexity index is 1080. The molecule has 1 aromatic heterocycles. The standard InChI is InChI=1S/C21H18Cl2FN3O3/c1-12-18(20(26-30-12)19-14(22)3-2-4-15(19)23)21(28)25-13-5-6-17(16(24)11-13)27-7-9-29-10-8-27/h2-6,11H,7-10H2,1H3,(H,25,28). The van der Waals surface area contributed by atoms with Crippen molar-refractivity contribution in [1.82, 2.24) is 5.16 Å². The van der Waals surface area contributed by atoms with E-state index in [1.807, 2.05) is 4.90 Å². The summed E-state index contributed by atoms with van der Waals surface area (Å²) in [5, 5.41) is 7.34. The first-order valence-corrected chi connectivity index (χ1v) is 10.1. The van der Waals surface area contributed by atoms with E-state index in [9.17, 15) is 9.18 Å². The molecule has 0 saturated carbocycles. The Morgan fingerprint density at radius 2 is 1.87 bits per heavy atom. The number of anilines is 2. The number of ether oxygens (including phenoxy) is 1. The summed E-state index contributed by atoms with van der Waals surface area (Å²) in [6.07, 6.45) is 0. The highest BCUT2D eigenvalue weighted by atomic mass is 35.5. The molecule has 4 rings (SSSR count). The van der Waals surface area contributed by atoms with E-state index < -0.39 is 11.7 Å². The quantitative estimate of drug-likeness (QED) is 0.593. The predicted molar refractivity (Wildman–Crippen MR) is 114 cm³/mol. The maximum absolute atomic E-state index is 14.7. The van der Waals surface area contributed by atoms with Gasteiger partial charge in [-0.25, -0.2) is 4.39 Å². The fourth-order valence-electron chi connectivity index (χ4n) is 3.37. The molecule has 0 bridgehead atoms. The number of hydrogen-bond acceptors (Lipinski definition) is 5. The molecule has 1 aliphatic rings. The van der Waals surface area contributed by atoms with Crippen LogP contribution >= 0.6 is 23.2 Å². The Labute approximate surface area is 182 Å². The van der Waals surface area contributed by atoms with Crippen molar-refractivity contribution < 1.29 is 18.4 Å². The first-order chi connectivity index (χ1) is 14.5. The van der Waals surface area contributed by atoms with Crippen LogP contribution in [0.15, 0.2) is 40.9 Å². The van der Waals surface area contributed by atoms with Gasteiger partial charge in [0.1, 0.15) is 22.8 Å². The van der Waals surface area contributed by atoms with Crippen LogP contribution in [0.3, 0.4) is 0 Å². The SMILES string of the molecule is Cc1onc(-c2c(Cl)cccc2Cl)c1C(=O)Nc1ccc(N2CCOCC2)c(F)c1. The van der Waals surface area contributed by atoms with Crippen molar-refractivity contribution in [2.75, 3.05) is 36.5 Å². The molecular weight excluding hydrogens is 432 g/mol. The zero-order valence-electron chi connectivity index (χ0n) is 16.0. The molecular formula is C21H18Cl2FN3O3. The summed E-state index contributed by atoms with van der Waals surface area (Å²) in [4.78, 5) is 14.9. The summed E-state index contributed by atoms with van der Waals surface area (Å²) in [5.41, 5.74) is 1.60. The van der Waals surface area contributed by atoms with Gasteiger partial charge in [0.05, 0.1) is 28.9 Å². The molecule has 0 aliphatic carbocycles. The average Bonchev–Trinajstić information content (AvgIpc) is 3.10. The van der Waals surface area contributed by atoms with Gasteiger partial charge in [-0.2, -0.15) is 0 Å². The third-order valence-corrected chi connectivity index (χ3v) is 5.48. The van der Waals surface area contributed by atoms with Crippen LogP contribution in [0.4, 0.5) is 15.8 Å². The number of rotatable bonds is 4. The molecule has 2 heterocycles. The number of carbonyl (C=O) groups is 1. The van der Waals surface area contributed by atoms with Gasteiger partial charge in [0.2, 0.25) is 0 Å². The molecule has 0 spiro atoms. The Hall–Kier alpha value is -2.61. The summed E-state index contributed by atoms with van der Waals surface area (Å²) >= 11 is 12.5. The molecule has 0 radical (unpaired) electrons. The third kappa shape index (κ3) is 4.01. The molecule has 9 heteroatoms. The largest absolute Gasteiger partial charge is 0.378 e. The monoisotopic (exact) mass is 449 g/mol. The molecule has 2 aromatic carbocycles. The maximum Gasteiger partial charge on any atom is 0.261 e. The van der Waals surface area contributed by atoms with E-state index >= 15 is 0 Å². The van der Waals surface area contributed by atoms with E-state index in [0.717, 1.165) is 0 Å². The third-order valence-electron chi connectivity index (χ3n) is 4.85. The van der Waals surface area contributed by atoms with Gasteiger partial charge in [-0.05, 0) is 37.3 Å². The van der Waals surface area contributed by atoms with E-state index in [1.165, 1.54) is 6.07 Å². The van der Waals surface area contributed by atoms with Gasteiger partial charge in [-0.1, -0.05) is 34.4 Å². The lowest BCUT2D eigenvalue weighted by atomic mass is 10.1. The van der Waals surface area contributed by atoms with Crippen molar-refractivity contribution in [3.8, 4) is 11.3 Å².